The number of rotatable bonds is 2. The number of amides is 1. The van der Waals surface area contributed by atoms with Gasteiger partial charge in [0.2, 0.25) is 6.79 Å². The number of ether oxygens (including phenoxy) is 2. The minimum absolute atomic E-state index is 0.131. The molecule has 4 saturated heterocycles. The number of nitrogens with one attached hydrogen (secondary N) is 1. The van der Waals surface area contributed by atoms with Crippen molar-refractivity contribution in [3.8, 4) is 11.5 Å². The van der Waals surface area contributed by atoms with Crippen molar-refractivity contribution in [2.24, 2.45) is 5.92 Å². The molecule has 5 aliphatic heterocycles. The highest BCUT2D eigenvalue weighted by Crippen LogP contribution is 2.48. The first-order valence-electron chi connectivity index (χ1n) is 9.87. The highest BCUT2D eigenvalue weighted by Gasteiger charge is 2.54. The molecule has 140 valence electrons. The molecule has 6 heteroatoms. The molecule has 1 amide bonds. The van der Waals surface area contributed by atoms with E-state index in [1.165, 1.54) is 18.4 Å². The third-order valence-electron chi connectivity index (χ3n) is 6.91. The summed E-state index contributed by atoms with van der Waals surface area (Å²) in [5.74, 6) is 2.70. The van der Waals surface area contributed by atoms with Crippen LogP contribution in [0.5, 0.6) is 11.5 Å². The van der Waals surface area contributed by atoms with Crippen molar-refractivity contribution in [2.45, 2.75) is 30.8 Å². The van der Waals surface area contributed by atoms with Gasteiger partial charge < -0.3 is 19.4 Å². The molecule has 3 atom stereocenters. The molecule has 4 fully saturated rings. The van der Waals surface area contributed by atoms with E-state index in [2.05, 4.69) is 26.9 Å². The summed E-state index contributed by atoms with van der Waals surface area (Å²) in [5.41, 5.74) is 1.94. The van der Waals surface area contributed by atoms with E-state index >= 15 is 0 Å². The van der Waals surface area contributed by atoms with E-state index in [0.29, 0.717) is 36.4 Å². The number of hydrogen-bond donors (Lipinski definition) is 1. The smallest absolute Gasteiger partial charge is 0.270 e. The van der Waals surface area contributed by atoms with E-state index in [9.17, 15) is 4.79 Å². The summed E-state index contributed by atoms with van der Waals surface area (Å²) in [5, 5.41) is 0. The van der Waals surface area contributed by atoms with Crippen LogP contribution in [0, 0.1) is 5.92 Å². The van der Waals surface area contributed by atoms with Crippen LogP contribution in [0.4, 0.5) is 0 Å². The Morgan fingerprint density at radius 1 is 1.07 bits per heavy atom. The van der Waals surface area contributed by atoms with Gasteiger partial charge in [0.25, 0.3) is 5.91 Å². The van der Waals surface area contributed by atoms with E-state index in [1.807, 2.05) is 24.4 Å². The fourth-order valence-corrected chi connectivity index (χ4v) is 5.71. The van der Waals surface area contributed by atoms with Crippen molar-refractivity contribution in [1.29, 1.82) is 0 Å². The van der Waals surface area contributed by atoms with E-state index < -0.39 is 0 Å². The zero-order valence-electron chi connectivity index (χ0n) is 15.1. The third-order valence-corrected chi connectivity index (χ3v) is 6.91. The van der Waals surface area contributed by atoms with Gasteiger partial charge in [0.15, 0.2) is 11.5 Å². The number of aromatic amines is 1. The fourth-order valence-electron chi connectivity index (χ4n) is 5.71. The number of nitrogens with zero attached hydrogens (tertiary/aromatic N) is 2. The van der Waals surface area contributed by atoms with E-state index in [0.717, 1.165) is 31.1 Å². The summed E-state index contributed by atoms with van der Waals surface area (Å²) >= 11 is 0. The standard InChI is InChI=1S/C21H23N3O3/c25-21(16-2-1-7-22-16)24-11-15(14-3-4-17-18(10-14)27-12-26-17)20-19(24)13-5-8-23(20)9-6-13/h1-4,7,10,13,15,19-20,22H,5-6,8-9,11-12H2/t15-,19+,20+/m0/s1. The zero-order chi connectivity index (χ0) is 18.0. The SMILES string of the molecule is O=C(c1ccc[nH]1)N1C[C@@H](c2ccc3c(c2)OCO3)[C@@H]2[C@H]1C1CCN2CC1. The van der Waals surface area contributed by atoms with Gasteiger partial charge in [-0.25, -0.2) is 0 Å². The summed E-state index contributed by atoms with van der Waals surface area (Å²) in [7, 11) is 0. The maximum Gasteiger partial charge on any atom is 0.270 e. The summed E-state index contributed by atoms with van der Waals surface area (Å²) in [4.78, 5) is 21.1. The van der Waals surface area contributed by atoms with Crippen LogP contribution < -0.4 is 9.47 Å². The molecule has 2 bridgehead atoms. The van der Waals surface area contributed by atoms with Crippen molar-refractivity contribution >= 4 is 5.91 Å². The number of carbonyl (C=O) groups excluding carboxylic acids is 1. The molecule has 0 unspecified atom stereocenters. The van der Waals surface area contributed by atoms with Gasteiger partial charge >= 0.3 is 0 Å². The number of benzene rings is 1. The molecule has 1 aromatic heterocycles. The van der Waals surface area contributed by atoms with Crippen molar-refractivity contribution in [3.05, 3.63) is 47.8 Å². The predicted molar refractivity (Wildman–Crippen MR) is 99.0 cm³/mol. The maximum absolute atomic E-state index is 13.2. The molecule has 6 heterocycles. The van der Waals surface area contributed by atoms with Crippen LogP contribution in [0.15, 0.2) is 36.5 Å². The summed E-state index contributed by atoms with van der Waals surface area (Å²) < 4.78 is 11.1. The molecule has 1 aromatic carbocycles. The monoisotopic (exact) mass is 365 g/mol. The average Bonchev–Trinajstić information content (AvgIpc) is 3.47. The van der Waals surface area contributed by atoms with Gasteiger partial charge in [-0.05, 0) is 61.7 Å². The first-order valence-corrected chi connectivity index (χ1v) is 9.87. The Bertz CT molecular complexity index is 873. The van der Waals surface area contributed by atoms with Crippen molar-refractivity contribution in [3.63, 3.8) is 0 Å². The number of likely N-dealkylation sites (tertiary alicyclic amines) is 1. The largest absolute Gasteiger partial charge is 0.454 e. The van der Waals surface area contributed by atoms with E-state index in [1.54, 1.807) is 0 Å². The normalized spacial score (nSPS) is 33.3. The second kappa shape index (κ2) is 5.76. The molecule has 0 spiro atoms. The Balaban J connectivity index is 1.39. The van der Waals surface area contributed by atoms with E-state index in [4.69, 9.17) is 9.47 Å². The Morgan fingerprint density at radius 3 is 2.74 bits per heavy atom. The van der Waals surface area contributed by atoms with Gasteiger partial charge in [-0.15, -0.1) is 0 Å². The zero-order valence-corrected chi connectivity index (χ0v) is 15.1. The van der Waals surface area contributed by atoms with Crippen molar-refractivity contribution in [2.75, 3.05) is 26.4 Å². The molecule has 1 N–H and O–H groups in total. The minimum atomic E-state index is 0.131. The highest BCUT2D eigenvalue weighted by atomic mass is 16.7. The number of fused-ring (bicyclic) bond motifs is 3. The lowest BCUT2D eigenvalue weighted by Crippen LogP contribution is -2.60. The van der Waals surface area contributed by atoms with Gasteiger partial charge in [-0.1, -0.05) is 6.07 Å². The second-order valence-electron chi connectivity index (χ2n) is 8.12. The van der Waals surface area contributed by atoms with E-state index in [-0.39, 0.29) is 5.91 Å². The first-order chi connectivity index (χ1) is 13.3. The molecule has 0 aliphatic carbocycles. The Morgan fingerprint density at radius 2 is 1.93 bits per heavy atom. The van der Waals surface area contributed by atoms with Gasteiger partial charge in [0.1, 0.15) is 5.69 Å². The molecular formula is C21H23N3O3. The lowest BCUT2D eigenvalue weighted by Gasteiger charge is -2.51. The molecular weight excluding hydrogens is 342 g/mol. The van der Waals surface area contributed by atoms with Gasteiger partial charge in [0, 0.05) is 24.7 Å². The van der Waals surface area contributed by atoms with Gasteiger partial charge in [0.05, 0.1) is 6.04 Å². The van der Waals surface area contributed by atoms with Crippen LogP contribution in [0.1, 0.15) is 34.8 Å². The quantitative estimate of drug-likeness (QED) is 0.888. The Labute approximate surface area is 158 Å². The average molecular weight is 365 g/mol. The summed E-state index contributed by atoms with van der Waals surface area (Å²) in [6.45, 7) is 3.36. The van der Waals surface area contributed by atoms with Crippen LogP contribution in [0.2, 0.25) is 0 Å². The van der Waals surface area contributed by atoms with Gasteiger partial charge in [-0.3, -0.25) is 9.69 Å². The molecule has 0 saturated carbocycles. The number of hydrogen-bond acceptors (Lipinski definition) is 4. The fraction of sp³-hybridized carbons (Fsp3) is 0.476. The summed E-state index contributed by atoms with van der Waals surface area (Å²) in [6, 6.07) is 10.8. The van der Waals surface area contributed by atoms with Crippen LogP contribution in [0.25, 0.3) is 0 Å². The topological polar surface area (TPSA) is 57.8 Å². The number of aromatic nitrogens is 1. The van der Waals surface area contributed by atoms with Crippen LogP contribution >= 0.6 is 0 Å². The molecule has 6 nitrogen and oxygen atoms in total. The third kappa shape index (κ3) is 2.26. The Kier molecular flexibility index (Phi) is 3.32. The van der Waals surface area contributed by atoms with Crippen molar-refractivity contribution < 1.29 is 14.3 Å². The molecule has 5 aliphatic rings. The van der Waals surface area contributed by atoms with Crippen LogP contribution in [0.3, 0.4) is 0 Å². The minimum Gasteiger partial charge on any atom is -0.454 e. The van der Waals surface area contributed by atoms with Crippen molar-refractivity contribution in [1.82, 2.24) is 14.8 Å². The predicted octanol–water partition coefficient (Wildman–Crippen LogP) is 2.45. The molecule has 27 heavy (non-hydrogen) atoms. The molecule has 2 aromatic rings. The number of carbonyl (C=O) groups is 1. The second-order valence-corrected chi connectivity index (χ2v) is 8.12. The van der Waals surface area contributed by atoms with Crippen LogP contribution in [-0.2, 0) is 0 Å². The first kappa shape index (κ1) is 15.6. The van der Waals surface area contributed by atoms with Crippen LogP contribution in [-0.4, -0.2) is 59.2 Å². The highest BCUT2D eigenvalue weighted by molar-refractivity contribution is 5.93. The molecule has 7 rings (SSSR count). The summed E-state index contributed by atoms with van der Waals surface area (Å²) in [6.07, 6.45) is 4.22. The lowest BCUT2D eigenvalue weighted by molar-refractivity contribution is -0.00356. The Hall–Kier alpha value is -2.47. The lowest BCUT2D eigenvalue weighted by atomic mass is 9.75. The number of piperidine rings is 3. The van der Waals surface area contributed by atoms with Gasteiger partial charge in [-0.2, -0.15) is 0 Å². The number of H-pyrrole nitrogens is 1. The molecule has 0 radical (unpaired) electrons. The maximum atomic E-state index is 13.2.